The minimum absolute atomic E-state index is 0.222. The summed E-state index contributed by atoms with van der Waals surface area (Å²) in [5.74, 6) is -0.222. The topological polar surface area (TPSA) is 29.1 Å². The van der Waals surface area contributed by atoms with Crippen LogP contribution in [-0.4, -0.2) is 11.4 Å². The molecule has 0 saturated carbocycles. The standard InChI is InChI=1S/C14H20FNO/c1-9-7-6-8-11(12(9)10(2)15)13(17)16-14(3,4)5/h6-8,10H,1-5H3,(H,16,17)/t10-/m1/s1. The Balaban J connectivity index is 3.14. The number of rotatable bonds is 2. The van der Waals surface area contributed by atoms with Crippen LogP contribution in [0.3, 0.4) is 0 Å². The Bertz CT molecular complexity index is 419. The highest BCUT2D eigenvalue weighted by molar-refractivity contribution is 5.96. The van der Waals surface area contributed by atoms with E-state index >= 15 is 0 Å². The van der Waals surface area contributed by atoms with Crippen LogP contribution in [0, 0.1) is 6.92 Å². The fourth-order valence-electron chi connectivity index (χ4n) is 1.81. The highest BCUT2D eigenvalue weighted by Crippen LogP contribution is 2.25. The maximum absolute atomic E-state index is 13.6. The fraction of sp³-hybridized carbons (Fsp3) is 0.500. The number of carbonyl (C=O) groups is 1. The number of benzene rings is 1. The maximum atomic E-state index is 13.6. The second-order valence-corrected chi connectivity index (χ2v) is 5.36. The normalized spacial score (nSPS) is 13.3. The smallest absolute Gasteiger partial charge is 0.252 e. The van der Waals surface area contributed by atoms with Crippen molar-refractivity contribution >= 4 is 5.91 Å². The lowest BCUT2D eigenvalue weighted by Crippen LogP contribution is -2.41. The molecule has 0 unspecified atom stereocenters. The number of nitrogens with one attached hydrogen (secondary N) is 1. The quantitative estimate of drug-likeness (QED) is 0.837. The van der Waals surface area contributed by atoms with E-state index in [1.54, 1.807) is 12.1 Å². The lowest BCUT2D eigenvalue weighted by molar-refractivity contribution is 0.0916. The van der Waals surface area contributed by atoms with Gasteiger partial charge in [-0.2, -0.15) is 0 Å². The van der Waals surface area contributed by atoms with E-state index in [1.165, 1.54) is 6.92 Å². The second kappa shape index (κ2) is 4.86. The Labute approximate surface area is 102 Å². The zero-order valence-electron chi connectivity index (χ0n) is 11.1. The third-order valence-electron chi connectivity index (χ3n) is 2.46. The molecule has 0 bridgehead atoms. The van der Waals surface area contributed by atoms with E-state index in [-0.39, 0.29) is 11.4 Å². The molecule has 0 aliphatic heterocycles. The first-order chi connectivity index (χ1) is 7.72. The fourth-order valence-corrected chi connectivity index (χ4v) is 1.81. The van der Waals surface area contributed by atoms with Crippen LogP contribution in [0.25, 0.3) is 0 Å². The van der Waals surface area contributed by atoms with Crippen molar-refractivity contribution in [3.05, 3.63) is 34.9 Å². The number of amides is 1. The molecular formula is C14H20FNO. The first-order valence-electron chi connectivity index (χ1n) is 5.78. The monoisotopic (exact) mass is 237 g/mol. The van der Waals surface area contributed by atoms with Crippen LogP contribution in [0.15, 0.2) is 18.2 Å². The van der Waals surface area contributed by atoms with Crippen LogP contribution in [-0.2, 0) is 0 Å². The van der Waals surface area contributed by atoms with Gasteiger partial charge in [0.2, 0.25) is 0 Å². The van der Waals surface area contributed by atoms with Crippen LogP contribution >= 0.6 is 0 Å². The van der Waals surface area contributed by atoms with Gasteiger partial charge in [0.25, 0.3) is 5.91 Å². The van der Waals surface area contributed by atoms with Gasteiger partial charge >= 0.3 is 0 Å². The van der Waals surface area contributed by atoms with Gasteiger partial charge in [0.05, 0.1) is 0 Å². The Hall–Kier alpha value is -1.38. The molecule has 1 atom stereocenters. The first kappa shape index (κ1) is 13.7. The van der Waals surface area contributed by atoms with Crippen LogP contribution in [0.2, 0.25) is 0 Å². The SMILES string of the molecule is Cc1cccc(C(=O)NC(C)(C)C)c1[C@@H](C)F. The maximum Gasteiger partial charge on any atom is 0.252 e. The van der Waals surface area contributed by atoms with Crippen molar-refractivity contribution < 1.29 is 9.18 Å². The number of halogens is 1. The number of aryl methyl sites for hydroxylation is 1. The lowest BCUT2D eigenvalue weighted by atomic mass is 9.97. The first-order valence-corrected chi connectivity index (χ1v) is 5.78. The van der Waals surface area contributed by atoms with Crippen molar-refractivity contribution in [1.82, 2.24) is 5.32 Å². The van der Waals surface area contributed by atoms with E-state index in [0.717, 1.165) is 5.56 Å². The van der Waals surface area contributed by atoms with Crippen LogP contribution in [0.4, 0.5) is 4.39 Å². The number of hydrogen-bond donors (Lipinski definition) is 1. The predicted molar refractivity (Wildman–Crippen MR) is 67.9 cm³/mol. The summed E-state index contributed by atoms with van der Waals surface area (Å²) in [4.78, 5) is 12.1. The summed E-state index contributed by atoms with van der Waals surface area (Å²) < 4.78 is 13.6. The summed E-state index contributed by atoms with van der Waals surface area (Å²) in [6.07, 6.45) is -1.14. The Morgan fingerprint density at radius 3 is 2.41 bits per heavy atom. The zero-order chi connectivity index (χ0) is 13.2. The van der Waals surface area contributed by atoms with Gasteiger partial charge in [-0.1, -0.05) is 12.1 Å². The number of carbonyl (C=O) groups excluding carboxylic acids is 1. The second-order valence-electron chi connectivity index (χ2n) is 5.36. The van der Waals surface area contributed by atoms with Crippen molar-refractivity contribution in [3.63, 3.8) is 0 Å². The molecule has 2 nitrogen and oxygen atoms in total. The summed E-state index contributed by atoms with van der Waals surface area (Å²) in [7, 11) is 0. The van der Waals surface area contributed by atoms with Gasteiger partial charge in [-0.3, -0.25) is 4.79 Å². The van der Waals surface area contributed by atoms with Gasteiger partial charge in [0.15, 0.2) is 0 Å². The van der Waals surface area contributed by atoms with E-state index in [9.17, 15) is 9.18 Å². The molecule has 0 saturated heterocycles. The Morgan fingerprint density at radius 2 is 1.94 bits per heavy atom. The molecule has 3 heteroatoms. The van der Waals surface area contributed by atoms with Gasteiger partial charge in [0.1, 0.15) is 6.17 Å². The van der Waals surface area contributed by atoms with E-state index in [0.29, 0.717) is 11.1 Å². The van der Waals surface area contributed by atoms with Crippen LogP contribution < -0.4 is 5.32 Å². The molecule has 1 aromatic rings. The average molecular weight is 237 g/mol. The summed E-state index contributed by atoms with van der Waals surface area (Å²) in [6.45, 7) is 8.98. The zero-order valence-corrected chi connectivity index (χ0v) is 11.1. The molecule has 0 aromatic heterocycles. The minimum atomic E-state index is -1.14. The van der Waals surface area contributed by atoms with Gasteiger partial charge in [0, 0.05) is 16.7 Å². The lowest BCUT2D eigenvalue weighted by Gasteiger charge is -2.22. The molecule has 17 heavy (non-hydrogen) atoms. The molecule has 0 heterocycles. The Kier molecular flexibility index (Phi) is 3.91. The molecule has 0 radical (unpaired) electrons. The molecule has 0 fully saturated rings. The molecular weight excluding hydrogens is 217 g/mol. The van der Waals surface area contributed by atoms with Crippen molar-refractivity contribution in [2.24, 2.45) is 0 Å². The summed E-state index contributed by atoms with van der Waals surface area (Å²) >= 11 is 0. The highest BCUT2D eigenvalue weighted by atomic mass is 19.1. The molecule has 94 valence electrons. The molecule has 1 aromatic carbocycles. The predicted octanol–water partition coefficient (Wildman–Crippen LogP) is 3.55. The molecule has 1 amide bonds. The van der Waals surface area contributed by atoms with Crippen molar-refractivity contribution in [2.75, 3.05) is 0 Å². The minimum Gasteiger partial charge on any atom is -0.347 e. The highest BCUT2D eigenvalue weighted by Gasteiger charge is 2.21. The third-order valence-corrected chi connectivity index (χ3v) is 2.46. The van der Waals surface area contributed by atoms with Gasteiger partial charge in [-0.25, -0.2) is 4.39 Å². The Morgan fingerprint density at radius 1 is 1.35 bits per heavy atom. The van der Waals surface area contributed by atoms with Crippen molar-refractivity contribution in [3.8, 4) is 0 Å². The van der Waals surface area contributed by atoms with Crippen molar-refractivity contribution in [2.45, 2.75) is 46.3 Å². The number of hydrogen-bond acceptors (Lipinski definition) is 1. The third kappa shape index (κ3) is 3.55. The molecule has 1 N–H and O–H groups in total. The van der Waals surface area contributed by atoms with E-state index in [4.69, 9.17) is 0 Å². The summed E-state index contributed by atoms with van der Waals surface area (Å²) in [5, 5.41) is 2.85. The average Bonchev–Trinajstić information content (AvgIpc) is 2.13. The van der Waals surface area contributed by atoms with Crippen LogP contribution in [0.1, 0.15) is 55.4 Å². The van der Waals surface area contributed by atoms with Gasteiger partial charge in [-0.05, 0) is 46.2 Å². The molecule has 1 rings (SSSR count). The summed E-state index contributed by atoms with van der Waals surface area (Å²) in [6, 6.07) is 5.26. The number of alkyl halides is 1. The molecule has 0 spiro atoms. The summed E-state index contributed by atoms with van der Waals surface area (Å²) in [5.41, 5.74) is 1.39. The molecule has 0 aliphatic carbocycles. The van der Waals surface area contributed by atoms with Gasteiger partial charge < -0.3 is 5.32 Å². The molecule has 0 aliphatic rings. The van der Waals surface area contributed by atoms with Gasteiger partial charge in [-0.15, -0.1) is 0 Å². The van der Waals surface area contributed by atoms with Crippen LogP contribution in [0.5, 0.6) is 0 Å². The largest absolute Gasteiger partial charge is 0.347 e. The van der Waals surface area contributed by atoms with E-state index < -0.39 is 6.17 Å². The van der Waals surface area contributed by atoms with E-state index in [1.807, 2.05) is 33.8 Å². The van der Waals surface area contributed by atoms with E-state index in [2.05, 4.69) is 5.32 Å². The van der Waals surface area contributed by atoms with Crippen molar-refractivity contribution in [1.29, 1.82) is 0 Å².